The molecule has 27 heavy (non-hydrogen) atoms. The van der Waals surface area contributed by atoms with Gasteiger partial charge in [-0.05, 0) is 31.0 Å². The quantitative estimate of drug-likeness (QED) is 0.452. The van der Waals surface area contributed by atoms with Crippen molar-refractivity contribution in [3.63, 3.8) is 0 Å². The third kappa shape index (κ3) is 7.03. The van der Waals surface area contributed by atoms with E-state index in [2.05, 4.69) is 15.6 Å². The Morgan fingerprint density at radius 2 is 1.67 bits per heavy atom. The second kappa shape index (κ2) is 10.7. The predicted molar refractivity (Wildman–Crippen MR) is 108 cm³/mol. The molecule has 1 unspecified atom stereocenters. The number of sulfone groups is 1. The van der Waals surface area contributed by atoms with Crippen LogP contribution in [0.4, 0.5) is 0 Å². The molecule has 0 aromatic heterocycles. The van der Waals surface area contributed by atoms with Crippen molar-refractivity contribution in [3.8, 4) is 0 Å². The third-order valence-electron chi connectivity index (χ3n) is 3.97. The first kappa shape index (κ1) is 20.9. The average Bonchev–Trinajstić information content (AvgIpc) is 2.69. The van der Waals surface area contributed by atoms with Gasteiger partial charge in [-0.25, -0.2) is 8.42 Å². The lowest BCUT2D eigenvalue weighted by atomic mass is 10.1. The third-order valence-corrected chi connectivity index (χ3v) is 5.70. The summed E-state index contributed by atoms with van der Waals surface area (Å²) in [5, 5.41) is 16.3. The molecule has 0 bridgehead atoms. The summed E-state index contributed by atoms with van der Waals surface area (Å²) in [7, 11) is -3.33. The maximum atomic E-state index is 12.3. The molecule has 0 aliphatic carbocycles. The zero-order chi connectivity index (χ0) is 19.5. The summed E-state index contributed by atoms with van der Waals surface area (Å²) in [5.74, 6) is 0.523. The fraction of sp³-hybridized carbons (Fsp3) is 0.350. The van der Waals surface area contributed by atoms with Crippen molar-refractivity contribution < 1.29 is 13.5 Å². The minimum atomic E-state index is -3.33. The van der Waals surface area contributed by atoms with Crippen LogP contribution in [0.25, 0.3) is 0 Å². The van der Waals surface area contributed by atoms with Crippen LogP contribution in [0.3, 0.4) is 0 Å². The Balaban J connectivity index is 1.84. The van der Waals surface area contributed by atoms with Crippen molar-refractivity contribution in [1.82, 2.24) is 10.6 Å². The van der Waals surface area contributed by atoms with Crippen LogP contribution in [0.2, 0.25) is 0 Å². The van der Waals surface area contributed by atoms with Crippen LogP contribution < -0.4 is 10.6 Å². The number of rotatable bonds is 9. The lowest BCUT2D eigenvalue weighted by Gasteiger charge is -2.13. The zero-order valence-electron chi connectivity index (χ0n) is 15.5. The SMILES string of the molecule is CCNC(=NCCC(O)c1ccccc1)NCCS(=O)(=O)c1ccccc1. The van der Waals surface area contributed by atoms with E-state index in [1.165, 1.54) is 0 Å². The Labute approximate surface area is 161 Å². The van der Waals surface area contributed by atoms with Crippen molar-refractivity contribution >= 4 is 15.8 Å². The second-order valence-electron chi connectivity index (χ2n) is 6.03. The Morgan fingerprint density at radius 1 is 1.04 bits per heavy atom. The molecule has 0 saturated carbocycles. The van der Waals surface area contributed by atoms with Crippen LogP contribution in [0.1, 0.15) is 25.0 Å². The predicted octanol–water partition coefficient (Wildman–Crippen LogP) is 2.14. The van der Waals surface area contributed by atoms with Crippen LogP contribution in [-0.4, -0.2) is 44.9 Å². The molecule has 6 nitrogen and oxygen atoms in total. The Hall–Kier alpha value is -2.38. The number of nitrogens with zero attached hydrogens (tertiary/aromatic N) is 1. The van der Waals surface area contributed by atoms with Crippen LogP contribution in [0.5, 0.6) is 0 Å². The molecule has 2 rings (SSSR count). The van der Waals surface area contributed by atoms with Crippen LogP contribution in [0.15, 0.2) is 70.6 Å². The summed E-state index contributed by atoms with van der Waals surface area (Å²) >= 11 is 0. The van der Waals surface area contributed by atoms with Gasteiger partial charge in [0.05, 0.1) is 16.8 Å². The first-order valence-corrected chi connectivity index (χ1v) is 10.7. The first-order valence-electron chi connectivity index (χ1n) is 9.06. The minimum Gasteiger partial charge on any atom is -0.388 e. The van der Waals surface area contributed by atoms with Crippen molar-refractivity contribution in [2.24, 2.45) is 4.99 Å². The fourth-order valence-corrected chi connectivity index (χ4v) is 3.71. The molecule has 7 heteroatoms. The topological polar surface area (TPSA) is 90.8 Å². The summed E-state index contributed by atoms with van der Waals surface area (Å²) in [6.07, 6.45) is -0.0839. The maximum absolute atomic E-state index is 12.3. The molecular formula is C20H27N3O3S. The van der Waals surface area contributed by atoms with Crippen LogP contribution in [0, 0.1) is 0 Å². The highest BCUT2D eigenvalue weighted by Gasteiger charge is 2.13. The standard InChI is InChI=1S/C20H27N3O3S/c1-2-21-20(22-14-13-19(24)17-9-5-3-6-10-17)23-15-16-27(25,26)18-11-7-4-8-12-18/h3-12,19,24H,2,13-16H2,1H3,(H2,21,22,23). The molecule has 146 valence electrons. The Bertz CT molecular complexity index is 809. The van der Waals surface area contributed by atoms with Crippen molar-refractivity contribution in [3.05, 3.63) is 66.2 Å². The van der Waals surface area contributed by atoms with Crippen LogP contribution in [-0.2, 0) is 9.84 Å². The highest BCUT2D eigenvalue weighted by atomic mass is 32.2. The van der Waals surface area contributed by atoms with Gasteiger partial charge in [0.1, 0.15) is 0 Å². The highest BCUT2D eigenvalue weighted by molar-refractivity contribution is 7.91. The average molecular weight is 390 g/mol. The molecule has 0 aliphatic rings. The summed E-state index contributed by atoms with van der Waals surface area (Å²) in [6.45, 7) is 3.29. The van der Waals surface area contributed by atoms with Crippen molar-refractivity contribution in [2.45, 2.75) is 24.3 Å². The molecule has 0 amide bonds. The molecule has 2 aromatic rings. The number of guanidine groups is 1. The van der Waals surface area contributed by atoms with Gasteiger partial charge in [-0.2, -0.15) is 0 Å². The zero-order valence-corrected chi connectivity index (χ0v) is 16.3. The number of hydrogen-bond donors (Lipinski definition) is 3. The number of aliphatic hydroxyl groups is 1. The van der Waals surface area contributed by atoms with Gasteiger partial charge in [-0.15, -0.1) is 0 Å². The molecule has 1 atom stereocenters. The largest absolute Gasteiger partial charge is 0.388 e. The van der Waals surface area contributed by atoms with Crippen molar-refractivity contribution in [2.75, 3.05) is 25.4 Å². The van der Waals surface area contributed by atoms with E-state index < -0.39 is 15.9 Å². The molecule has 0 heterocycles. The van der Waals surface area contributed by atoms with Gasteiger partial charge in [-0.1, -0.05) is 48.5 Å². The maximum Gasteiger partial charge on any atom is 0.191 e. The molecular weight excluding hydrogens is 362 g/mol. The van der Waals surface area contributed by atoms with Gasteiger partial charge in [0, 0.05) is 19.6 Å². The number of benzene rings is 2. The number of aliphatic imine (C=N–C) groups is 1. The number of hydrogen-bond acceptors (Lipinski definition) is 4. The van der Waals surface area contributed by atoms with Gasteiger partial charge >= 0.3 is 0 Å². The molecule has 0 fully saturated rings. The van der Waals surface area contributed by atoms with E-state index in [4.69, 9.17) is 0 Å². The van der Waals surface area contributed by atoms with Crippen LogP contribution >= 0.6 is 0 Å². The van der Waals surface area contributed by atoms with E-state index in [-0.39, 0.29) is 12.3 Å². The van der Waals surface area contributed by atoms with Gasteiger partial charge in [-0.3, -0.25) is 4.99 Å². The summed E-state index contributed by atoms with van der Waals surface area (Å²) in [5.41, 5.74) is 0.861. The molecule has 0 aliphatic heterocycles. The summed E-state index contributed by atoms with van der Waals surface area (Å²) in [6, 6.07) is 17.9. The van der Waals surface area contributed by atoms with E-state index in [1.807, 2.05) is 37.3 Å². The summed E-state index contributed by atoms with van der Waals surface area (Å²) in [4.78, 5) is 4.73. The summed E-state index contributed by atoms with van der Waals surface area (Å²) < 4.78 is 24.6. The number of aliphatic hydroxyl groups excluding tert-OH is 1. The van der Waals surface area contributed by atoms with Gasteiger partial charge in [0.15, 0.2) is 15.8 Å². The van der Waals surface area contributed by atoms with E-state index in [9.17, 15) is 13.5 Å². The monoisotopic (exact) mass is 389 g/mol. The van der Waals surface area contributed by atoms with Crippen molar-refractivity contribution in [1.29, 1.82) is 0 Å². The molecule has 3 N–H and O–H groups in total. The molecule has 0 radical (unpaired) electrons. The lowest BCUT2D eigenvalue weighted by Crippen LogP contribution is -2.39. The van der Waals surface area contributed by atoms with Gasteiger partial charge in [0.2, 0.25) is 0 Å². The van der Waals surface area contributed by atoms with Gasteiger partial charge in [0.25, 0.3) is 0 Å². The first-order chi connectivity index (χ1) is 13.0. The number of nitrogens with one attached hydrogen (secondary N) is 2. The van der Waals surface area contributed by atoms with Gasteiger partial charge < -0.3 is 15.7 Å². The smallest absolute Gasteiger partial charge is 0.191 e. The lowest BCUT2D eigenvalue weighted by molar-refractivity contribution is 0.170. The van der Waals surface area contributed by atoms with E-state index >= 15 is 0 Å². The van der Waals surface area contributed by atoms with E-state index in [0.29, 0.717) is 30.4 Å². The normalized spacial score (nSPS) is 13.2. The Morgan fingerprint density at radius 3 is 2.30 bits per heavy atom. The van der Waals surface area contributed by atoms with E-state index in [0.717, 1.165) is 5.56 Å². The second-order valence-corrected chi connectivity index (χ2v) is 8.14. The highest BCUT2D eigenvalue weighted by Crippen LogP contribution is 2.15. The Kier molecular flexibility index (Phi) is 8.29. The molecule has 0 saturated heterocycles. The molecule has 2 aromatic carbocycles. The minimum absolute atomic E-state index is 0.0198. The molecule has 0 spiro atoms. The fourth-order valence-electron chi connectivity index (χ4n) is 2.53. The van der Waals surface area contributed by atoms with E-state index in [1.54, 1.807) is 30.3 Å².